The number of aliphatic hydroxyl groups excluding tert-OH is 1. The van der Waals surface area contributed by atoms with Gasteiger partial charge in [-0.15, -0.1) is 0 Å². The molecule has 0 heterocycles. The lowest BCUT2D eigenvalue weighted by atomic mass is 10.2. The first kappa shape index (κ1) is 12.0. The highest BCUT2D eigenvalue weighted by molar-refractivity contribution is 6.31. The SMILES string of the molecule is OCc1ccc(OCc2ccccc2Cl)cc1. The average Bonchev–Trinajstić information content (AvgIpc) is 2.38. The molecule has 0 saturated heterocycles. The Kier molecular flexibility index (Phi) is 4.02. The summed E-state index contributed by atoms with van der Waals surface area (Å²) in [5.41, 5.74) is 1.83. The van der Waals surface area contributed by atoms with Crippen molar-refractivity contribution in [1.29, 1.82) is 0 Å². The van der Waals surface area contributed by atoms with Crippen molar-refractivity contribution in [2.24, 2.45) is 0 Å². The zero-order valence-electron chi connectivity index (χ0n) is 9.27. The number of hydrogen-bond acceptors (Lipinski definition) is 2. The average molecular weight is 249 g/mol. The van der Waals surface area contributed by atoms with Gasteiger partial charge in [-0.2, -0.15) is 0 Å². The second kappa shape index (κ2) is 5.71. The Morgan fingerprint density at radius 1 is 1.00 bits per heavy atom. The van der Waals surface area contributed by atoms with Gasteiger partial charge in [-0.1, -0.05) is 41.9 Å². The van der Waals surface area contributed by atoms with Gasteiger partial charge in [-0.05, 0) is 23.8 Å². The quantitative estimate of drug-likeness (QED) is 0.899. The molecule has 0 atom stereocenters. The molecule has 0 aromatic heterocycles. The van der Waals surface area contributed by atoms with Crippen molar-refractivity contribution >= 4 is 11.6 Å². The van der Waals surface area contributed by atoms with Gasteiger partial charge in [0.05, 0.1) is 6.61 Å². The Balaban J connectivity index is 2.00. The van der Waals surface area contributed by atoms with Crippen molar-refractivity contribution in [2.45, 2.75) is 13.2 Å². The zero-order chi connectivity index (χ0) is 12.1. The van der Waals surface area contributed by atoms with E-state index in [9.17, 15) is 0 Å². The third-order valence-electron chi connectivity index (χ3n) is 2.46. The van der Waals surface area contributed by atoms with E-state index in [1.165, 1.54) is 0 Å². The largest absolute Gasteiger partial charge is 0.489 e. The van der Waals surface area contributed by atoms with Crippen LogP contribution in [0.3, 0.4) is 0 Å². The smallest absolute Gasteiger partial charge is 0.119 e. The fourth-order valence-electron chi connectivity index (χ4n) is 1.47. The van der Waals surface area contributed by atoms with E-state index in [4.69, 9.17) is 21.4 Å². The molecule has 2 rings (SSSR count). The lowest BCUT2D eigenvalue weighted by Crippen LogP contribution is -1.96. The first-order chi connectivity index (χ1) is 8.29. The highest BCUT2D eigenvalue weighted by Gasteiger charge is 2.00. The molecule has 0 amide bonds. The monoisotopic (exact) mass is 248 g/mol. The molecule has 0 aliphatic rings. The molecule has 88 valence electrons. The van der Waals surface area contributed by atoms with Crippen LogP contribution in [0.15, 0.2) is 48.5 Å². The maximum Gasteiger partial charge on any atom is 0.119 e. The summed E-state index contributed by atoms with van der Waals surface area (Å²) in [6.07, 6.45) is 0. The van der Waals surface area contributed by atoms with Crippen LogP contribution in [0.25, 0.3) is 0 Å². The minimum absolute atomic E-state index is 0.0464. The first-order valence-electron chi connectivity index (χ1n) is 5.35. The minimum Gasteiger partial charge on any atom is -0.489 e. The molecule has 0 unspecified atom stereocenters. The summed E-state index contributed by atoms with van der Waals surface area (Å²) in [7, 11) is 0. The molecule has 0 bridgehead atoms. The summed E-state index contributed by atoms with van der Waals surface area (Å²) >= 11 is 6.03. The van der Waals surface area contributed by atoms with Crippen LogP contribution in [-0.4, -0.2) is 5.11 Å². The molecule has 17 heavy (non-hydrogen) atoms. The van der Waals surface area contributed by atoms with Crippen molar-refractivity contribution in [3.05, 3.63) is 64.7 Å². The normalized spacial score (nSPS) is 10.2. The number of ether oxygens (including phenoxy) is 1. The fourth-order valence-corrected chi connectivity index (χ4v) is 1.66. The maximum absolute atomic E-state index is 8.91. The summed E-state index contributed by atoms with van der Waals surface area (Å²) in [6.45, 7) is 0.489. The summed E-state index contributed by atoms with van der Waals surface area (Å²) < 4.78 is 5.61. The summed E-state index contributed by atoms with van der Waals surface area (Å²) in [5.74, 6) is 0.766. The van der Waals surface area contributed by atoms with Crippen LogP contribution in [0.1, 0.15) is 11.1 Å². The van der Waals surface area contributed by atoms with Crippen LogP contribution in [-0.2, 0) is 13.2 Å². The van der Waals surface area contributed by atoms with Crippen LogP contribution in [0, 0.1) is 0 Å². The molecule has 0 spiro atoms. The predicted molar refractivity (Wildman–Crippen MR) is 68.1 cm³/mol. The lowest BCUT2D eigenvalue weighted by Gasteiger charge is -2.08. The Labute approximate surface area is 105 Å². The molecule has 2 aromatic rings. The predicted octanol–water partition coefficient (Wildman–Crippen LogP) is 3.41. The topological polar surface area (TPSA) is 29.5 Å². The molecule has 2 aromatic carbocycles. The molecule has 1 N–H and O–H groups in total. The Hall–Kier alpha value is -1.51. The number of halogens is 1. The van der Waals surface area contributed by atoms with Gasteiger partial charge in [0, 0.05) is 10.6 Å². The van der Waals surface area contributed by atoms with Gasteiger partial charge in [0.2, 0.25) is 0 Å². The Bertz CT molecular complexity index is 480. The van der Waals surface area contributed by atoms with Gasteiger partial charge in [-0.3, -0.25) is 0 Å². The summed E-state index contributed by atoms with van der Waals surface area (Å²) in [5, 5.41) is 9.62. The van der Waals surface area contributed by atoms with Crippen molar-refractivity contribution in [3.8, 4) is 5.75 Å². The molecule has 3 heteroatoms. The van der Waals surface area contributed by atoms with E-state index in [0.717, 1.165) is 16.9 Å². The molecule has 2 nitrogen and oxygen atoms in total. The Morgan fingerprint density at radius 3 is 2.35 bits per heavy atom. The van der Waals surface area contributed by atoms with Crippen molar-refractivity contribution in [2.75, 3.05) is 0 Å². The third kappa shape index (κ3) is 3.22. The number of aliphatic hydroxyl groups is 1. The maximum atomic E-state index is 8.91. The standard InChI is InChI=1S/C14H13ClO2/c15-14-4-2-1-3-12(14)10-17-13-7-5-11(9-16)6-8-13/h1-8,16H,9-10H2. The number of rotatable bonds is 4. The molecular weight excluding hydrogens is 236 g/mol. The lowest BCUT2D eigenvalue weighted by molar-refractivity contribution is 0.280. The third-order valence-corrected chi connectivity index (χ3v) is 2.83. The van der Waals surface area contributed by atoms with E-state index < -0.39 is 0 Å². The van der Waals surface area contributed by atoms with Gasteiger partial charge in [-0.25, -0.2) is 0 Å². The molecule has 0 aliphatic heterocycles. The van der Waals surface area contributed by atoms with Crippen molar-refractivity contribution in [1.82, 2.24) is 0 Å². The van der Waals surface area contributed by atoms with E-state index in [1.54, 1.807) is 0 Å². The molecule has 0 fully saturated rings. The van der Waals surface area contributed by atoms with E-state index in [1.807, 2.05) is 48.5 Å². The van der Waals surface area contributed by atoms with Gasteiger partial charge in [0.15, 0.2) is 0 Å². The second-order valence-corrected chi connectivity index (χ2v) is 4.09. The Morgan fingerprint density at radius 2 is 1.71 bits per heavy atom. The van der Waals surface area contributed by atoms with Crippen LogP contribution in [0.2, 0.25) is 5.02 Å². The fraction of sp³-hybridized carbons (Fsp3) is 0.143. The van der Waals surface area contributed by atoms with E-state index in [2.05, 4.69) is 0 Å². The van der Waals surface area contributed by atoms with E-state index in [-0.39, 0.29) is 6.61 Å². The van der Waals surface area contributed by atoms with Crippen LogP contribution >= 0.6 is 11.6 Å². The summed E-state index contributed by atoms with van der Waals surface area (Å²) in [6, 6.07) is 14.9. The highest BCUT2D eigenvalue weighted by atomic mass is 35.5. The van der Waals surface area contributed by atoms with Gasteiger partial charge >= 0.3 is 0 Å². The van der Waals surface area contributed by atoms with E-state index in [0.29, 0.717) is 11.6 Å². The number of hydrogen-bond donors (Lipinski definition) is 1. The molecule has 0 radical (unpaired) electrons. The zero-order valence-corrected chi connectivity index (χ0v) is 10.0. The number of benzene rings is 2. The second-order valence-electron chi connectivity index (χ2n) is 3.68. The van der Waals surface area contributed by atoms with Crippen LogP contribution in [0.5, 0.6) is 5.75 Å². The van der Waals surface area contributed by atoms with Crippen molar-refractivity contribution < 1.29 is 9.84 Å². The molecular formula is C14H13ClO2. The minimum atomic E-state index is 0.0464. The van der Waals surface area contributed by atoms with Gasteiger partial charge in [0.25, 0.3) is 0 Å². The highest BCUT2D eigenvalue weighted by Crippen LogP contribution is 2.18. The van der Waals surface area contributed by atoms with Crippen LogP contribution < -0.4 is 4.74 Å². The van der Waals surface area contributed by atoms with Crippen molar-refractivity contribution in [3.63, 3.8) is 0 Å². The first-order valence-corrected chi connectivity index (χ1v) is 5.73. The van der Waals surface area contributed by atoms with Gasteiger partial charge in [0.1, 0.15) is 12.4 Å². The molecule has 0 aliphatic carbocycles. The molecule has 0 saturated carbocycles. The van der Waals surface area contributed by atoms with Gasteiger partial charge < -0.3 is 9.84 Å². The van der Waals surface area contributed by atoms with Crippen LogP contribution in [0.4, 0.5) is 0 Å². The summed E-state index contributed by atoms with van der Waals surface area (Å²) in [4.78, 5) is 0. The van der Waals surface area contributed by atoms with E-state index >= 15 is 0 Å².